The van der Waals surface area contributed by atoms with E-state index < -0.39 is 121 Å². The van der Waals surface area contributed by atoms with Crippen molar-refractivity contribution in [2.45, 2.75) is 149 Å². The zero-order chi connectivity index (χ0) is 45.9. The van der Waals surface area contributed by atoms with E-state index in [0.29, 0.717) is 12.0 Å². The van der Waals surface area contributed by atoms with Crippen LogP contribution < -0.4 is 31.9 Å². The lowest BCUT2D eigenvalue weighted by Gasteiger charge is -2.34. The Morgan fingerprint density at radius 1 is 0.583 bits per heavy atom. The van der Waals surface area contributed by atoms with Gasteiger partial charge in [-0.3, -0.25) is 43.2 Å². The normalized spacial score (nSPS) is 14.2. The Hall–Kier alpha value is -5.88. The molecule has 0 saturated carbocycles. The van der Waals surface area contributed by atoms with Gasteiger partial charge in [-0.15, -0.1) is 0 Å². The number of carboxylic acids is 3. The van der Waals surface area contributed by atoms with Crippen molar-refractivity contribution in [2.24, 2.45) is 11.3 Å². The molecule has 19 nitrogen and oxygen atoms in total. The molecule has 0 fully saturated rings. The molecule has 0 aromatic heterocycles. The molecule has 0 spiro atoms. The summed E-state index contributed by atoms with van der Waals surface area (Å²) in [6.07, 6.45) is -2.60. The smallest absolute Gasteiger partial charge is 0.305 e. The van der Waals surface area contributed by atoms with Crippen LogP contribution in [0.5, 0.6) is 0 Å². The molecule has 0 aliphatic heterocycles. The van der Waals surface area contributed by atoms with Crippen molar-refractivity contribution in [1.82, 2.24) is 31.9 Å². The van der Waals surface area contributed by atoms with Gasteiger partial charge in [0.2, 0.25) is 35.4 Å². The summed E-state index contributed by atoms with van der Waals surface area (Å²) >= 11 is 0. The van der Waals surface area contributed by atoms with E-state index in [9.17, 15) is 58.2 Å². The van der Waals surface area contributed by atoms with Gasteiger partial charge in [0.15, 0.2) is 0 Å². The number of nitrogens with one attached hydrogen (secondary N) is 6. The standard InChI is InChI=1S/C41H62N6O13/c1-22(2)19-28(37(57)42-24(4)13-14-25(5)48)46-40(60)35(41(6,7)8)47-39(59)29(20-26-12-10-9-11-23(26)3)45-36(56)27(15-17-32(50)51)44-38(58)30(21-34(54)55)43-31(49)16-18-33(52)53/h9-12,22,24,27-30,35H,13-21H2,1-8H3,(H,42,57)(H,43,49)(H,44,58)(H,45,56)(H,46,60)(H,47,59)(H,50,51)(H,52,53)(H,54,55)/t24-,27-,28-,29-,30-,35+/m0/s1. The molecule has 19 heteroatoms. The summed E-state index contributed by atoms with van der Waals surface area (Å²) in [7, 11) is 0. The van der Waals surface area contributed by atoms with Crippen LogP contribution in [0.15, 0.2) is 24.3 Å². The number of aryl methyl sites for hydroxylation is 1. The maximum Gasteiger partial charge on any atom is 0.305 e. The topological polar surface area (TPSA) is 304 Å². The third-order valence-corrected chi connectivity index (χ3v) is 9.27. The van der Waals surface area contributed by atoms with Gasteiger partial charge >= 0.3 is 17.9 Å². The summed E-state index contributed by atoms with van der Waals surface area (Å²) in [5.41, 5.74) is 0.385. The minimum absolute atomic E-state index is 0.0351. The number of hydrogen-bond donors (Lipinski definition) is 9. The first-order valence-electron chi connectivity index (χ1n) is 19.8. The molecule has 334 valence electrons. The number of Topliss-reactive ketones (excluding diaryl/α,β-unsaturated/α-hetero) is 1. The van der Waals surface area contributed by atoms with Crippen molar-refractivity contribution in [3.8, 4) is 0 Å². The highest BCUT2D eigenvalue weighted by atomic mass is 16.4. The Morgan fingerprint density at radius 2 is 1.12 bits per heavy atom. The summed E-state index contributed by atoms with van der Waals surface area (Å²) in [5, 5.41) is 42.9. The lowest BCUT2D eigenvalue weighted by Crippen LogP contribution is -2.62. The number of benzene rings is 1. The molecule has 1 rings (SSSR count). The third-order valence-electron chi connectivity index (χ3n) is 9.27. The molecular formula is C41H62N6O13. The second-order valence-corrected chi connectivity index (χ2v) is 16.4. The van der Waals surface area contributed by atoms with Crippen LogP contribution in [0.25, 0.3) is 0 Å². The van der Waals surface area contributed by atoms with Gasteiger partial charge in [-0.05, 0) is 62.5 Å². The van der Waals surface area contributed by atoms with Gasteiger partial charge in [-0.25, -0.2) is 0 Å². The fourth-order valence-corrected chi connectivity index (χ4v) is 5.93. The molecule has 6 atom stereocenters. The maximum atomic E-state index is 14.2. The van der Waals surface area contributed by atoms with Crippen LogP contribution in [0.2, 0.25) is 0 Å². The molecule has 9 N–H and O–H groups in total. The zero-order valence-electron chi connectivity index (χ0n) is 35.6. The summed E-state index contributed by atoms with van der Waals surface area (Å²) in [6, 6.07) is -0.629. The number of ketones is 1. The third kappa shape index (κ3) is 20.2. The van der Waals surface area contributed by atoms with E-state index in [1.165, 1.54) is 6.92 Å². The zero-order valence-corrected chi connectivity index (χ0v) is 35.6. The van der Waals surface area contributed by atoms with Gasteiger partial charge in [-0.2, -0.15) is 0 Å². The predicted molar refractivity (Wildman–Crippen MR) is 217 cm³/mol. The van der Waals surface area contributed by atoms with Crippen molar-refractivity contribution in [1.29, 1.82) is 0 Å². The first kappa shape index (κ1) is 52.1. The van der Waals surface area contributed by atoms with Crippen molar-refractivity contribution < 1.29 is 63.3 Å². The summed E-state index contributed by atoms with van der Waals surface area (Å²) in [6.45, 7) is 13.7. The Labute approximate surface area is 350 Å². The first-order chi connectivity index (χ1) is 27.8. The van der Waals surface area contributed by atoms with E-state index in [-0.39, 0.29) is 37.0 Å². The Morgan fingerprint density at radius 3 is 1.65 bits per heavy atom. The van der Waals surface area contributed by atoms with Gasteiger partial charge in [0.05, 0.1) is 12.8 Å². The molecule has 0 aliphatic rings. The van der Waals surface area contributed by atoms with Gasteiger partial charge in [0, 0.05) is 31.7 Å². The second kappa shape index (κ2) is 24.9. The molecule has 6 amide bonds. The molecule has 0 saturated heterocycles. The van der Waals surface area contributed by atoms with E-state index in [1.54, 1.807) is 58.9 Å². The average molecular weight is 847 g/mol. The predicted octanol–water partition coefficient (Wildman–Crippen LogP) is 1.13. The Kier molecular flexibility index (Phi) is 21.6. The van der Waals surface area contributed by atoms with Gasteiger partial charge < -0.3 is 52.0 Å². The number of carbonyl (C=O) groups excluding carboxylic acids is 7. The number of hydrogen-bond acceptors (Lipinski definition) is 10. The number of carboxylic acid groups (broad SMARTS) is 3. The van der Waals surface area contributed by atoms with E-state index in [1.807, 2.05) is 13.8 Å². The molecule has 0 unspecified atom stereocenters. The van der Waals surface area contributed by atoms with Crippen LogP contribution in [0.4, 0.5) is 0 Å². The lowest BCUT2D eigenvalue weighted by atomic mass is 9.85. The van der Waals surface area contributed by atoms with Crippen LogP contribution in [-0.4, -0.2) is 111 Å². The summed E-state index contributed by atoms with van der Waals surface area (Å²) in [4.78, 5) is 127. The molecular weight excluding hydrogens is 784 g/mol. The number of rotatable bonds is 26. The largest absolute Gasteiger partial charge is 0.481 e. The van der Waals surface area contributed by atoms with Crippen molar-refractivity contribution in [2.75, 3.05) is 0 Å². The highest BCUT2D eigenvalue weighted by Gasteiger charge is 2.38. The Balaban J connectivity index is 3.52. The minimum atomic E-state index is -1.79. The number of amides is 6. The van der Waals surface area contributed by atoms with Crippen molar-refractivity contribution >= 4 is 59.1 Å². The fourth-order valence-electron chi connectivity index (χ4n) is 5.93. The van der Waals surface area contributed by atoms with Gasteiger partial charge in [0.1, 0.15) is 36.0 Å². The molecule has 60 heavy (non-hydrogen) atoms. The SMILES string of the molecule is CC(=O)CC[C@H](C)NC(=O)[C@H](CC(C)C)NC(=O)[C@@H](NC(=O)[C@H](Cc1ccccc1C)NC(=O)[C@H](CCC(=O)O)NC(=O)[C@H](CC(=O)O)NC(=O)CCC(=O)O)C(C)(C)C. The van der Waals surface area contributed by atoms with E-state index in [2.05, 4.69) is 31.9 Å². The highest BCUT2D eigenvalue weighted by molar-refractivity contribution is 5.97. The quantitative estimate of drug-likeness (QED) is 0.0633. The van der Waals surface area contributed by atoms with Crippen molar-refractivity contribution in [3.05, 3.63) is 35.4 Å². The summed E-state index contributed by atoms with van der Waals surface area (Å²) in [5.74, 6) is -9.49. The molecule has 0 radical (unpaired) electrons. The number of aliphatic carboxylic acids is 3. The van der Waals surface area contributed by atoms with Crippen LogP contribution in [0.3, 0.4) is 0 Å². The first-order valence-corrected chi connectivity index (χ1v) is 19.8. The van der Waals surface area contributed by atoms with Crippen LogP contribution >= 0.6 is 0 Å². The monoisotopic (exact) mass is 846 g/mol. The molecule has 0 bridgehead atoms. The van der Waals surface area contributed by atoms with Crippen LogP contribution in [0, 0.1) is 18.3 Å². The van der Waals surface area contributed by atoms with E-state index in [4.69, 9.17) is 5.11 Å². The van der Waals surface area contributed by atoms with E-state index >= 15 is 0 Å². The fraction of sp³-hybridized carbons (Fsp3) is 0.610. The molecule has 1 aromatic carbocycles. The minimum Gasteiger partial charge on any atom is -0.481 e. The molecule has 1 aromatic rings. The number of carbonyl (C=O) groups is 10. The maximum absolute atomic E-state index is 14.2. The summed E-state index contributed by atoms with van der Waals surface area (Å²) < 4.78 is 0. The molecule has 0 heterocycles. The van der Waals surface area contributed by atoms with Gasteiger partial charge in [-0.1, -0.05) is 58.9 Å². The molecule has 0 aliphatic carbocycles. The van der Waals surface area contributed by atoms with Crippen molar-refractivity contribution in [3.63, 3.8) is 0 Å². The second-order valence-electron chi connectivity index (χ2n) is 16.4. The van der Waals surface area contributed by atoms with Crippen LogP contribution in [-0.2, 0) is 54.4 Å². The average Bonchev–Trinajstić information content (AvgIpc) is 3.12. The lowest BCUT2D eigenvalue weighted by molar-refractivity contribution is -0.142. The van der Waals surface area contributed by atoms with Gasteiger partial charge in [0.25, 0.3) is 0 Å². The van der Waals surface area contributed by atoms with E-state index in [0.717, 1.165) is 5.56 Å². The Bertz CT molecular complexity index is 1720. The highest BCUT2D eigenvalue weighted by Crippen LogP contribution is 2.21. The van der Waals surface area contributed by atoms with Crippen LogP contribution in [0.1, 0.15) is 111 Å².